The maximum Gasteiger partial charge on any atom is 0.303 e. The molecule has 0 spiro atoms. The van der Waals surface area contributed by atoms with Gasteiger partial charge in [0.25, 0.3) is 5.56 Å². The largest absolute Gasteiger partial charge is 0.463 e. The van der Waals surface area contributed by atoms with E-state index in [2.05, 4.69) is 14.9 Å². The Bertz CT molecular complexity index is 1150. The third-order valence-electron chi connectivity index (χ3n) is 4.80. The minimum atomic E-state index is -1.58. The molecule has 3 rings (SSSR count). The van der Waals surface area contributed by atoms with Crippen LogP contribution in [0.2, 0.25) is 0 Å². The van der Waals surface area contributed by atoms with Crippen molar-refractivity contribution in [1.29, 1.82) is 0 Å². The Morgan fingerprint density at radius 1 is 1.29 bits per heavy atom. The number of H-pyrrole nitrogens is 1. The fraction of sp³-hybridized carbons (Fsp3) is 0.474. The first-order valence-corrected chi connectivity index (χ1v) is 9.21. The molecule has 4 atom stereocenters. The minimum absolute atomic E-state index is 0.00518. The summed E-state index contributed by atoms with van der Waals surface area (Å²) in [6, 6.07) is 1.38. The van der Waals surface area contributed by atoms with Crippen LogP contribution in [-0.2, 0) is 33.3 Å². The predicted octanol–water partition coefficient (Wildman–Crippen LogP) is 0.830. The van der Waals surface area contributed by atoms with E-state index in [4.69, 9.17) is 25.5 Å². The van der Waals surface area contributed by atoms with Crippen LogP contribution in [0.5, 0.6) is 0 Å². The standard InChI is InChI=1S/C19H20N4O8/c1-9(24)28-7-14-17(29-10(2)25)19(4,31-11(3)26)16(30-14)13-6-12(20-5)15-18(27)21-8-22-23(13)15/h6,8,14,16-17H,7H2,1-4H3,(H,21,22,27)/t14-,16+,17-,19+/m1/s1. The van der Waals surface area contributed by atoms with Gasteiger partial charge in [0, 0.05) is 20.8 Å². The zero-order valence-electron chi connectivity index (χ0n) is 17.2. The highest BCUT2D eigenvalue weighted by molar-refractivity contribution is 5.74. The molecule has 0 radical (unpaired) electrons. The fourth-order valence-electron chi connectivity index (χ4n) is 3.71. The molecule has 2 aromatic rings. The number of carbonyl (C=O) groups is 3. The van der Waals surface area contributed by atoms with Gasteiger partial charge < -0.3 is 23.9 Å². The third-order valence-corrected chi connectivity index (χ3v) is 4.80. The molecule has 31 heavy (non-hydrogen) atoms. The molecular formula is C19H20N4O8. The molecule has 0 saturated carbocycles. The number of hydrogen-bond acceptors (Lipinski definition) is 9. The van der Waals surface area contributed by atoms with Crippen LogP contribution < -0.4 is 5.56 Å². The summed E-state index contributed by atoms with van der Waals surface area (Å²) >= 11 is 0. The number of aromatic nitrogens is 3. The van der Waals surface area contributed by atoms with E-state index in [0.717, 1.165) is 6.33 Å². The topological polar surface area (TPSA) is 143 Å². The number of fused-ring (bicyclic) bond motifs is 1. The van der Waals surface area contributed by atoms with E-state index in [0.29, 0.717) is 0 Å². The number of nitrogens with one attached hydrogen (secondary N) is 1. The summed E-state index contributed by atoms with van der Waals surface area (Å²) in [5.41, 5.74) is -1.93. The van der Waals surface area contributed by atoms with Gasteiger partial charge in [-0.05, 0) is 13.0 Å². The summed E-state index contributed by atoms with van der Waals surface area (Å²) in [7, 11) is 0. The van der Waals surface area contributed by atoms with Crippen LogP contribution in [0.3, 0.4) is 0 Å². The van der Waals surface area contributed by atoms with E-state index in [9.17, 15) is 19.2 Å². The molecule has 3 heterocycles. The van der Waals surface area contributed by atoms with E-state index in [1.807, 2.05) is 0 Å². The highest BCUT2D eigenvalue weighted by Crippen LogP contribution is 2.47. The van der Waals surface area contributed by atoms with Gasteiger partial charge in [-0.15, -0.1) is 0 Å². The van der Waals surface area contributed by atoms with Gasteiger partial charge in [-0.3, -0.25) is 19.2 Å². The van der Waals surface area contributed by atoms with Gasteiger partial charge in [0.1, 0.15) is 30.7 Å². The van der Waals surface area contributed by atoms with E-state index < -0.39 is 47.4 Å². The van der Waals surface area contributed by atoms with Crippen molar-refractivity contribution in [1.82, 2.24) is 14.6 Å². The zero-order chi connectivity index (χ0) is 22.9. The molecule has 1 aliphatic rings. The highest BCUT2D eigenvalue weighted by Gasteiger charge is 2.60. The molecule has 0 aliphatic carbocycles. The summed E-state index contributed by atoms with van der Waals surface area (Å²) in [6.45, 7) is 12.1. The Hall–Kier alpha value is -3.72. The number of aromatic amines is 1. The second-order valence-electron chi connectivity index (χ2n) is 7.11. The monoisotopic (exact) mass is 432 g/mol. The van der Waals surface area contributed by atoms with Gasteiger partial charge in [-0.25, -0.2) is 9.36 Å². The number of nitrogens with zero attached hydrogens (tertiary/aromatic N) is 3. The molecule has 164 valence electrons. The first-order chi connectivity index (χ1) is 14.6. The van der Waals surface area contributed by atoms with E-state index in [1.54, 1.807) is 0 Å². The smallest absolute Gasteiger partial charge is 0.303 e. The van der Waals surface area contributed by atoms with E-state index in [-0.39, 0.29) is 23.5 Å². The van der Waals surface area contributed by atoms with Crippen LogP contribution in [0.1, 0.15) is 39.5 Å². The molecule has 0 unspecified atom stereocenters. The van der Waals surface area contributed by atoms with Crippen molar-refractivity contribution < 1.29 is 33.3 Å². The number of carbonyl (C=O) groups excluding carboxylic acids is 3. The molecular weight excluding hydrogens is 412 g/mol. The normalized spacial score (nSPS) is 25.1. The van der Waals surface area contributed by atoms with Crippen molar-refractivity contribution in [2.45, 2.75) is 51.6 Å². The molecule has 12 nitrogen and oxygen atoms in total. The lowest BCUT2D eigenvalue weighted by Gasteiger charge is -2.33. The van der Waals surface area contributed by atoms with Crippen LogP contribution >= 0.6 is 0 Å². The first kappa shape index (κ1) is 22.0. The van der Waals surface area contributed by atoms with Crippen molar-refractivity contribution in [2.75, 3.05) is 6.61 Å². The van der Waals surface area contributed by atoms with Crippen LogP contribution in [0.15, 0.2) is 17.2 Å². The lowest BCUT2D eigenvalue weighted by molar-refractivity contribution is -0.181. The van der Waals surface area contributed by atoms with Crippen molar-refractivity contribution in [3.63, 3.8) is 0 Å². The lowest BCUT2D eigenvalue weighted by Crippen LogP contribution is -2.49. The third kappa shape index (κ3) is 3.99. The Labute approximate surface area is 175 Å². The summed E-state index contributed by atoms with van der Waals surface area (Å²) in [4.78, 5) is 53.1. The van der Waals surface area contributed by atoms with Crippen LogP contribution in [0.25, 0.3) is 10.4 Å². The molecule has 0 amide bonds. The zero-order valence-corrected chi connectivity index (χ0v) is 17.2. The van der Waals surface area contributed by atoms with Gasteiger partial charge in [-0.2, -0.15) is 5.10 Å². The number of rotatable bonds is 5. The van der Waals surface area contributed by atoms with E-state index in [1.165, 1.54) is 38.3 Å². The molecule has 2 aromatic heterocycles. The average molecular weight is 432 g/mol. The van der Waals surface area contributed by atoms with Gasteiger partial charge in [0.15, 0.2) is 11.7 Å². The molecule has 0 aromatic carbocycles. The highest BCUT2D eigenvalue weighted by atomic mass is 16.7. The van der Waals surface area contributed by atoms with Crippen molar-refractivity contribution in [3.8, 4) is 0 Å². The van der Waals surface area contributed by atoms with Gasteiger partial charge in [0.05, 0.1) is 12.3 Å². The summed E-state index contributed by atoms with van der Waals surface area (Å²) in [5.74, 6) is -1.94. The predicted molar refractivity (Wildman–Crippen MR) is 102 cm³/mol. The van der Waals surface area contributed by atoms with Crippen LogP contribution in [0, 0.1) is 6.57 Å². The van der Waals surface area contributed by atoms with Gasteiger partial charge in [-0.1, -0.05) is 0 Å². The number of ether oxygens (including phenoxy) is 4. The number of hydrogen-bond donors (Lipinski definition) is 1. The molecule has 1 saturated heterocycles. The molecule has 1 N–H and O–H groups in total. The van der Waals surface area contributed by atoms with Crippen molar-refractivity contribution in [2.24, 2.45) is 0 Å². The summed E-state index contributed by atoms with van der Waals surface area (Å²) in [5, 5.41) is 4.09. The average Bonchev–Trinajstić information content (AvgIpc) is 3.16. The minimum Gasteiger partial charge on any atom is -0.463 e. The van der Waals surface area contributed by atoms with Crippen molar-refractivity contribution in [3.05, 3.63) is 39.9 Å². The maximum absolute atomic E-state index is 12.3. The lowest BCUT2D eigenvalue weighted by atomic mass is 9.90. The van der Waals surface area contributed by atoms with Crippen molar-refractivity contribution >= 4 is 29.1 Å². The quantitative estimate of drug-likeness (QED) is 0.413. The van der Waals surface area contributed by atoms with Crippen LogP contribution in [-0.4, -0.2) is 56.9 Å². The summed E-state index contributed by atoms with van der Waals surface area (Å²) < 4.78 is 23.2. The molecule has 12 heteroatoms. The molecule has 1 aliphatic heterocycles. The van der Waals surface area contributed by atoms with Crippen LogP contribution in [0.4, 0.5) is 5.69 Å². The second kappa shape index (κ2) is 8.19. The van der Waals surface area contributed by atoms with Gasteiger partial charge >= 0.3 is 17.9 Å². The Kier molecular flexibility index (Phi) is 5.81. The second-order valence-corrected chi connectivity index (χ2v) is 7.11. The molecule has 1 fully saturated rings. The Morgan fingerprint density at radius 3 is 2.58 bits per heavy atom. The SMILES string of the molecule is [C-]#[N+]c1cc([C@@H]2O[C@H](COC(C)=O)[C@@H](OC(C)=O)[C@@]2(C)OC(C)=O)n2nc[nH]c(=O)c12. The summed E-state index contributed by atoms with van der Waals surface area (Å²) in [6.07, 6.45) is -2.11. The maximum atomic E-state index is 12.3. The fourth-order valence-corrected chi connectivity index (χ4v) is 3.71. The Morgan fingerprint density at radius 2 is 2.00 bits per heavy atom. The Balaban J connectivity index is 2.19. The first-order valence-electron chi connectivity index (χ1n) is 9.21. The van der Waals surface area contributed by atoms with E-state index >= 15 is 0 Å². The van der Waals surface area contributed by atoms with Gasteiger partial charge in [0.2, 0.25) is 5.69 Å². The number of esters is 3. The molecule has 0 bridgehead atoms.